The number of carbonyl (C=O) groups excluding carboxylic acids is 1. The normalized spacial score (nSPS) is 25.6. The van der Waals surface area contributed by atoms with Crippen LogP contribution in [-0.4, -0.2) is 80.1 Å². The molecule has 1 saturated carbocycles. The summed E-state index contributed by atoms with van der Waals surface area (Å²) < 4.78 is 6.63. The van der Waals surface area contributed by atoms with Gasteiger partial charge in [0.25, 0.3) is 5.69 Å². The predicted octanol–water partition coefficient (Wildman–Crippen LogP) is 5.76. The Bertz CT molecular complexity index is 1560. The van der Waals surface area contributed by atoms with E-state index in [2.05, 4.69) is 16.5 Å². The third-order valence-corrected chi connectivity index (χ3v) is 10.4. The monoisotopic (exact) mass is 708 g/mol. The van der Waals surface area contributed by atoms with E-state index in [1.54, 1.807) is 29.2 Å². The van der Waals surface area contributed by atoms with Gasteiger partial charge in [-0.15, -0.1) is 0 Å². The fourth-order valence-corrected chi connectivity index (χ4v) is 8.15. The molecule has 278 valence electrons. The molecule has 0 bridgehead atoms. The van der Waals surface area contributed by atoms with Crippen LogP contribution in [0.25, 0.3) is 0 Å². The van der Waals surface area contributed by atoms with Gasteiger partial charge in [-0.3, -0.25) is 10.1 Å². The van der Waals surface area contributed by atoms with E-state index in [9.17, 15) is 35.3 Å². The van der Waals surface area contributed by atoms with Crippen molar-refractivity contribution >= 4 is 17.4 Å². The van der Waals surface area contributed by atoms with Crippen LogP contribution in [-0.2, 0) is 11.4 Å². The van der Waals surface area contributed by atoms with E-state index in [0.29, 0.717) is 49.4 Å². The Hall–Kier alpha value is -4.20. The van der Waals surface area contributed by atoms with Gasteiger partial charge in [-0.1, -0.05) is 37.9 Å². The fourth-order valence-electron chi connectivity index (χ4n) is 8.15. The number of nitro benzene ring substituents is 1. The van der Waals surface area contributed by atoms with Crippen LogP contribution in [0, 0.1) is 27.9 Å². The highest BCUT2D eigenvalue weighted by Crippen LogP contribution is 2.60. The first-order valence-corrected chi connectivity index (χ1v) is 18.3. The van der Waals surface area contributed by atoms with Crippen LogP contribution < -0.4 is 10.1 Å². The van der Waals surface area contributed by atoms with Gasteiger partial charge in [-0.05, 0) is 91.8 Å². The van der Waals surface area contributed by atoms with E-state index >= 15 is 0 Å². The van der Waals surface area contributed by atoms with Crippen molar-refractivity contribution in [2.45, 2.75) is 96.0 Å². The van der Waals surface area contributed by atoms with E-state index in [4.69, 9.17) is 9.57 Å². The van der Waals surface area contributed by atoms with E-state index in [-0.39, 0.29) is 61.5 Å². The quantitative estimate of drug-likeness (QED) is 0.0774. The summed E-state index contributed by atoms with van der Waals surface area (Å²) in [6.07, 6.45) is 7.97. The molecule has 0 aromatic heterocycles. The first-order valence-electron chi connectivity index (χ1n) is 18.3. The summed E-state index contributed by atoms with van der Waals surface area (Å²) >= 11 is 0. The largest absolute Gasteiger partial charge is 0.508 e. The molecular formula is C38H52N4O9. The molecule has 1 fully saturated rings. The lowest BCUT2D eigenvalue weighted by atomic mass is 9.55. The number of unbranched alkanes of at least 4 members (excludes halogenated alkanes) is 2. The number of nitro groups is 1. The lowest BCUT2D eigenvalue weighted by Crippen LogP contribution is -2.69. The van der Waals surface area contributed by atoms with Crippen LogP contribution in [0.3, 0.4) is 0 Å². The first kappa shape index (κ1) is 38.0. The Morgan fingerprint density at radius 2 is 1.80 bits per heavy atom. The second-order valence-electron chi connectivity index (χ2n) is 13.8. The second kappa shape index (κ2) is 17.3. The number of benzene rings is 2. The molecule has 13 nitrogen and oxygen atoms in total. The van der Waals surface area contributed by atoms with E-state index in [1.165, 1.54) is 18.2 Å². The smallest absolute Gasteiger partial charge is 0.317 e. The van der Waals surface area contributed by atoms with Crippen LogP contribution in [0.2, 0.25) is 0 Å². The molecule has 0 radical (unpaired) electrons. The number of hydrogen-bond donors (Lipinski definition) is 5. The number of phenolic OH excluding ortho intramolecular Hbond substituents is 1. The molecule has 1 heterocycles. The minimum absolute atomic E-state index is 0.0139. The van der Waals surface area contributed by atoms with Crippen molar-refractivity contribution in [1.82, 2.24) is 10.2 Å². The number of nitrogens with zero attached hydrogens (tertiary/aromatic N) is 3. The van der Waals surface area contributed by atoms with Crippen LogP contribution in [0.5, 0.6) is 11.5 Å². The van der Waals surface area contributed by atoms with Crippen molar-refractivity contribution in [2.75, 3.05) is 26.3 Å². The SMILES string of the molecule is CCCNC(=O)N(CCC)C1CC(=NOCc2ccc([N+](=O)[O-])cc2)C2=CC(CCCCO)C(CCCCO)C3c4cc(O)ccc4OC1(O)C23. The van der Waals surface area contributed by atoms with Gasteiger partial charge in [0.05, 0.1) is 16.6 Å². The van der Waals surface area contributed by atoms with Gasteiger partial charge in [-0.2, -0.15) is 0 Å². The van der Waals surface area contributed by atoms with Gasteiger partial charge in [0.1, 0.15) is 24.1 Å². The summed E-state index contributed by atoms with van der Waals surface area (Å²) in [6, 6.07) is 9.80. The molecule has 3 aliphatic rings. The van der Waals surface area contributed by atoms with E-state index < -0.39 is 22.7 Å². The second-order valence-corrected chi connectivity index (χ2v) is 13.8. The molecule has 2 aromatic carbocycles. The molecular weight excluding hydrogens is 656 g/mol. The molecule has 51 heavy (non-hydrogen) atoms. The number of aromatic hydroxyl groups is 1. The number of urea groups is 1. The molecule has 2 amide bonds. The number of carbonyl (C=O) groups is 1. The van der Waals surface area contributed by atoms with Crippen molar-refractivity contribution in [3.05, 3.63) is 75.4 Å². The van der Waals surface area contributed by atoms with Crippen molar-refractivity contribution in [3.63, 3.8) is 0 Å². The average Bonchev–Trinajstić information content (AvgIpc) is 3.12. The molecule has 13 heteroatoms. The number of non-ortho nitro benzene ring substituents is 1. The van der Waals surface area contributed by atoms with Gasteiger partial charge >= 0.3 is 6.03 Å². The minimum Gasteiger partial charge on any atom is -0.508 e. The molecule has 6 atom stereocenters. The highest BCUT2D eigenvalue weighted by molar-refractivity contribution is 6.03. The molecule has 2 aliphatic carbocycles. The minimum atomic E-state index is -1.86. The Morgan fingerprint density at radius 3 is 2.47 bits per heavy atom. The molecule has 2 aromatic rings. The number of nitrogens with one attached hydrogen (secondary N) is 1. The number of aliphatic hydroxyl groups excluding tert-OH is 2. The Kier molecular flexibility index (Phi) is 12.9. The van der Waals surface area contributed by atoms with Crippen molar-refractivity contribution in [1.29, 1.82) is 0 Å². The van der Waals surface area contributed by atoms with Crippen LogP contribution in [0.1, 0.15) is 88.7 Å². The topological polar surface area (TPSA) is 187 Å². The maximum Gasteiger partial charge on any atom is 0.317 e. The third-order valence-electron chi connectivity index (χ3n) is 10.4. The standard InChI is InChI=1S/C38H52N4O9/c1-3-17-39-37(46)41(18-4-2)34-23-32(40-50-24-25-11-13-27(14-12-25)42(48)49)30-21-26(9-5-7-19-43)29(10-6-8-20-44)35-31-22-28(45)15-16-33(31)51-38(34,47)36(30)35/h11-16,21-22,26,29,34-36,43-45,47H,3-10,17-20,23-24H2,1-2H3,(H,39,46). The molecule has 5 N–H and O–H groups in total. The fraction of sp³-hybridized carbons (Fsp3) is 0.579. The summed E-state index contributed by atoms with van der Waals surface area (Å²) in [5.41, 5.74) is 2.75. The maximum absolute atomic E-state index is 13.8. The number of aliphatic hydroxyl groups is 3. The summed E-state index contributed by atoms with van der Waals surface area (Å²) in [6.45, 7) is 4.94. The summed E-state index contributed by atoms with van der Waals surface area (Å²) in [5, 5.41) is 61.9. The highest BCUT2D eigenvalue weighted by atomic mass is 16.6. The average molecular weight is 709 g/mol. The molecule has 6 unspecified atom stereocenters. The van der Waals surface area contributed by atoms with Gasteiger partial charge < -0.3 is 40.2 Å². The summed E-state index contributed by atoms with van der Waals surface area (Å²) in [5.74, 6) is -2.36. The number of allylic oxidation sites excluding steroid dienone is 1. The first-order chi connectivity index (χ1) is 24.7. The number of rotatable bonds is 17. The van der Waals surface area contributed by atoms with Crippen LogP contribution in [0.4, 0.5) is 10.5 Å². The zero-order valence-corrected chi connectivity index (χ0v) is 29.6. The number of phenols is 1. The van der Waals surface area contributed by atoms with E-state index in [1.807, 2.05) is 13.8 Å². The predicted molar refractivity (Wildman–Crippen MR) is 191 cm³/mol. The zero-order chi connectivity index (χ0) is 36.5. The number of hydrogen-bond acceptors (Lipinski definition) is 10. The molecule has 5 rings (SSSR count). The van der Waals surface area contributed by atoms with Crippen LogP contribution >= 0.6 is 0 Å². The lowest BCUT2D eigenvalue weighted by Gasteiger charge is -2.58. The van der Waals surface area contributed by atoms with E-state index in [0.717, 1.165) is 43.2 Å². The molecule has 0 spiro atoms. The maximum atomic E-state index is 13.8. The molecule has 1 aliphatic heterocycles. The number of ether oxygens (including phenoxy) is 1. The van der Waals surface area contributed by atoms with Gasteiger partial charge in [0.15, 0.2) is 0 Å². The van der Waals surface area contributed by atoms with Gasteiger partial charge in [0.2, 0.25) is 5.79 Å². The van der Waals surface area contributed by atoms with Gasteiger partial charge in [0, 0.05) is 56.3 Å². The number of amides is 2. The zero-order valence-electron chi connectivity index (χ0n) is 29.6. The third kappa shape index (κ3) is 8.31. The summed E-state index contributed by atoms with van der Waals surface area (Å²) in [4.78, 5) is 32.1. The Morgan fingerprint density at radius 1 is 1.08 bits per heavy atom. The van der Waals surface area contributed by atoms with Crippen molar-refractivity contribution in [2.24, 2.45) is 22.9 Å². The highest BCUT2D eigenvalue weighted by Gasteiger charge is 2.64. The Labute approximate surface area is 299 Å². The van der Waals surface area contributed by atoms with Gasteiger partial charge in [-0.25, -0.2) is 4.79 Å². The number of oxime groups is 1. The van der Waals surface area contributed by atoms with Crippen molar-refractivity contribution in [3.8, 4) is 11.5 Å². The summed E-state index contributed by atoms with van der Waals surface area (Å²) in [7, 11) is 0. The lowest BCUT2D eigenvalue weighted by molar-refractivity contribution is -0.384. The van der Waals surface area contributed by atoms with Crippen LogP contribution in [0.15, 0.2) is 59.3 Å². The molecule has 0 saturated heterocycles. The number of fused-ring (bicyclic) bond motifs is 2. The van der Waals surface area contributed by atoms with Crippen molar-refractivity contribution < 1.29 is 39.7 Å². The Balaban J connectivity index is 1.65.